The number of sulfone groups is 1. The van der Waals surface area contributed by atoms with E-state index in [1.807, 2.05) is 0 Å². The van der Waals surface area contributed by atoms with Crippen LogP contribution in [0.5, 0.6) is 5.75 Å². The molecule has 2 aromatic carbocycles. The average Bonchev–Trinajstić information content (AvgIpc) is 2.89. The fourth-order valence-corrected chi connectivity index (χ4v) is 7.94. The van der Waals surface area contributed by atoms with Gasteiger partial charge in [0, 0.05) is 13.2 Å². The highest BCUT2D eigenvalue weighted by molar-refractivity contribution is 7.93. The number of hydrogen-bond acceptors (Lipinski definition) is 10. The Kier molecular flexibility index (Phi) is 7.57. The van der Waals surface area contributed by atoms with Gasteiger partial charge in [0.25, 0.3) is 5.91 Å². The van der Waals surface area contributed by atoms with Gasteiger partial charge >= 0.3 is 5.97 Å². The number of rotatable bonds is 8. The topological polar surface area (TPSA) is 166 Å². The molecule has 0 bridgehead atoms. The van der Waals surface area contributed by atoms with Crippen molar-refractivity contribution in [1.29, 1.82) is 0 Å². The van der Waals surface area contributed by atoms with E-state index in [-0.39, 0.29) is 54.5 Å². The summed E-state index contributed by atoms with van der Waals surface area (Å²) in [6.07, 6.45) is -0.707. The lowest BCUT2D eigenvalue weighted by molar-refractivity contribution is -0.134. The van der Waals surface area contributed by atoms with Gasteiger partial charge in [0.15, 0.2) is 14.6 Å². The standard InChI is InChI=1S/C23H26N2O10S2/c1-33-21(26)19-4-2-3-5-20(19)37(31,32)25-14-17(15-25)35-16-6-8-18(9-7-16)36(29,30)23(22(27)24-28)10-12-34-13-11-23/h2-9,17,28H,10-15H2,1H3,(H,24,27). The van der Waals surface area contributed by atoms with Crippen LogP contribution in [-0.2, 0) is 34.1 Å². The van der Waals surface area contributed by atoms with Gasteiger partial charge in [-0.25, -0.2) is 27.1 Å². The number of benzene rings is 2. The van der Waals surface area contributed by atoms with E-state index < -0.39 is 42.6 Å². The van der Waals surface area contributed by atoms with Crippen molar-refractivity contribution in [2.24, 2.45) is 0 Å². The fraction of sp³-hybridized carbons (Fsp3) is 0.391. The van der Waals surface area contributed by atoms with E-state index in [4.69, 9.17) is 14.7 Å². The molecule has 1 amide bonds. The minimum absolute atomic E-state index is 0.0255. The number of hydrogen-bond donors (Lipinski definition) is 2. The van der Waals surface area contributed by atoms with Gasteiger partial charge in [-0.1, -0.05) is 12.1 Å². The number of nitrogens with zero attached hydrogens (tertiary/aromatic N) is 1. The van der Waals surface area contributed by atoms with E-state index in [2.05, 4.69) is 4.74 Å². The molecule has 0 atom stereocenters. The predicted octanol–water partition coefficient (Wildman–Crippen LogP) is 0.753. The molecular formula is C23H26N2O10S2. The number of amides is 1. The Morgan fingerprint density at radius 1 is 1.03 bits per heavy atom. The lowest BCUT2D eigenvalue weighted by Gasteiger charge is -2.38. The van der Waals surface area contributed by atoms with Crippen LogP contribution >= 0.6 is 0 Å². The number of esters is 1. The Balaban J connectivity index is 1.45. The lowest BCUT2D eigenvalue weighted by atomic mass is 9.98. The van der Waals surface area contributed by atoms with Crippen molar-refractivity contribution in [2.75, 3.05) is 33.4 Å². The summed E-state index contributed by atoms with van der Waals surface area (Å²) >= 11 is 0. The predicted molar refractivity (Wildman–Crippen MR) is 127 cm³/mol. The van der Waals surface area contributed by atoms with Gasteiger partial charge in [-0.05, 0) is 49.2 Å². The third kappa shape index (κ3) is 4.82. The number of carbonyl (C=O) groups excluding carboxylic acids is 2. The van der Waals surface area contributed by atoms with Gasteiger partial charge in [-0.15, -0.1) is 0 Å². The molecule has 200 valence electrons. The average molecular weight is 555 g/mol. The molecule has 2 fully saturated rings. The van der Waals surface area contributed by atoms with Gasteiger partial charge in [0.05, 0.1) is 35.6 Å². The summed E-state index contributed by atoms with van der Waals surface area (Å²) in [5, 5.41) is 9.15. The molecule has 2 aliphatic rings. The lowest BCUT2D eigenvalue weighted by Crippen LogP contribution is -2.56. The van der Waals surface area contributed by atoms with Gasteiger partial charge in [0.2, 0.25) is 10.0 Å². The van der Waals surface area contributed by atoms with Crippen LogP contribution in [0.15, 0.2) is 58.3 Å². The zero-order valence-corrected chi connectivity index (χ0v) is 21.5. The second kappa shape index (κ2) is 10.4. The summed E-state index contributed by atoms with van der Waals surface area (Å²) in [4.78, 5) is 24.0. The van der Waals surface area contributed by atoms with Crippen molar-refractivity contribution >= 4 is 31.7 Å². The van der Waals surface area contributed by atoms with Crippen LogP contribution in [0.1, 0.15) is 23.2 Å². The van der Waals surface area contributed by atoms with E-state index in [1.165, 1.54) is 65.4 Å². The maximum absolute atomic E-state index is 13.3. The van der Waals surface area contributed by atoms with Gasteiger partial charge in [-0.3, -0.25) is 10.0 Å². The highest BCUT2D eigenvalue weighted by atomic mass is 32.2. The maximum Gasteiger partial charge on any atom is 0.339 e. The first-order valence-electron chi connectivity index (χ1n) is 11.3. The number of ether oxygens (including phenoxy) is 3. The van der Waals surface area contributed by atoms with Crippen LogP contribution in [0.4, 0.5) is 0 Å². The SMILES string of the molecule is COC(=O)c1ccccc1S(=O)(=O)N1CC(Oc2ccc(S(=O)(=O)C3(C(=O)NO)CCOCC3)cc2)C1. The number of methoxy groups -OCH3 is 1. The van der Waals surface area contributed by atoms with E-state index >= 15 is 0 Å². The summed E-state index contributed by atoms with van der Waals surface area (Å²) < 4.78 is 67.6. The summed E-state index contributed by atoms with van der Waals surface area (Å²) in [7, 11) is -6.97. The monoisotopic (exact) mass is 554 g/mol. The van der Waals surface area contributed by atoms with E-state index in [0.717, 1.165) is 0 Å². The molecule has 37 heavy (non-hydrogen) atoms. The molecule has 14 heteroatoms. The van der Waals surface area contributed by atoms with Gasteiger partial charge in [0.1, 0.15) is 11.9 Å². The van der Waals surface area contributed by atoms with E-state index in [1.54, 1.807) is 0 Å². The second-order valence-electron chi connectivity index (χ2n) is 8.57. The zero-order valence-electron chi connectivity index (χ0n) is 19.8. The molecule has 0 unspecified atom stereocenters. The summed E-state index contributed by atoms with van der Waals surface area (Å²) in [5.41, 5.74) is 1.40. The number of nitrogens with one attached hydrogen (secondary N) is 1. The number of carbonyl (C=O) groups is 2. The Labute approximate surface area is 214 Å². The summed E-state index contributed by atoms with van der Waals surface area (Å²) in [6.45, 7) is 0.160. The molecule has 12 nitrogen and oxygen atoms in total. The van der Waals surface area contributed by atoms with E-state index in [0.29, 0.717) is 5.75 Å². The van der Waals surface area contributed by atoms with Crippen molar-refractivity contribution in [3.63, 3.8) is 0 Å². The molecule has 0 aromatic heterocycles. The highest BCUT2D eigenvalue weighted by Crippen LogP contribution is 2.36. The molecule has 2 aliphatic heterocycles. The second-order valence-corrected chi connectivity index (χ2v) is 12.7. The van der Waals surface area contributed by atoms with Crippen LogP contribution in [0.25, 0.3) is 0 Å². The summed E-state index contributed by atoms with van der Waals surface area (Å²) in [6, 6.07) is 11.2. The minimum Gasteiger partial charge on any atom is -0.488 e. The molecule has 0 saturated carbocycles. The molecule has 0 aliphatic carbocycles. The van der Waals surface area contributed by atoms with Crippen molar-refractivity contribution < 1.29 is 45.8 Å². The van der Waals surface area contributed by atoms with E-state index in [9.17, 15) is 26.4 Å². The normalized spacial score (nSPS) is 18.4. The molecule has 2 heterocycles. The largest absolute Gasteiger partial charge is 0.488 e. The Morgan fingerprint density at radius 3 is 2.24 bits per heavy atom. The van der Waals surface area contributed by atoms with Crippen molar-refractivity contribution in [3.8, 4) is 5.75 Å². The maximum atomic E-state index is 13.3. The van der Waals surface area contributed by atoms with Crippen LogP contribution in [0.3, 0.4) is 0 Å². The Bertz CT molecular complexity index is 1380. The smallest absolute Gasteiger partial charge is 0.339 e. The van der Waals surface area contributed by atoms with Crippen molar-refractivity contribution in [2.45, 2.75) is 33.5 Å². The minimum atomic E-state index is -4.18. The first kappa shape index (κ1) is 27.0. The molecule has 4 rings (SSSR count). The quantitative estimate of drug-likeness (QED) is 0.270. The third-order valence-electron chi connectivity index (χ3n) is 6.49. The first-order chi connectivity index (χ1) is 17.6. The van der Waals surface area contributed by atoms with Crippen molar-refractivity contribution in [1.82, 2.24) is 9.79 Å². The van der Waals surface area contributed by atoms with Gasteiger partial charge < -0.3 is 14.2 Å². The van der Waals surface area contributed by atoms with Crippen LogP contribution < -0.4 is 10.2 Å². The number of sulfonamides is 1. The van der Waals surface area contributed by atoms with Crippen LogP contribution in [0, 0.1) is 0 Å². The van der Waals surface area contributed by atoms with Gasteiger partial charge in [-0.2, -0.15) is 4.31 Å². The highest BCUT2D eigenvalue weighted by Gasteiger charge is 2.52. The molecule has 0 radical (unpaired) electrons. The fourth-order valence-electron chi connectivity index (χ4n) is 4.32. The Morgan fingerprint density at radius 2 is 1.65 bits per heavy atom. The molecule has 2 N–H and O–H groups in total. The molecular weight excluding hydrogens is 528 g/mol. The first-order valence-corrected chi connectivity index (χ1v) is 14.2. The van der Waals surface area contributed by atoms with Crippen LogP contribution in [0.2, 0.25) is 0 Å². The number of hydroxylamine groups is 1. The molecule has 0 spiro atoms. The Hall–Kier alpha value is -3.04. The van der Waals surface area contributed by atoms with Crippen LogP contribution in [-0.4, -0.2) is 82.5 Å². The van der Waals surface area contributed by atoms with Crippen molar-refractivity contribution in [3.05, 3.63) is 54.1 Å². The zero-order chi connectivity index (χ0) is 26.8. The summed E-state index contributed by atoms with van der Waals surface area (Å²) in [5.74, 6) is -1.47. The third-order valence-corrected chi connectivity index (χ3v) is 10.9. The molecule has 2 aromatic rings. The molecule has 2 saturated heterocycles.